The van der Waals surface area contributed by atoms with E-state index in [0.717, 1.165) is 37.0 Å². The van der Waals surface area contributed by atoms with E-state index in [2.05, 4.69) is 23.5 Å². The molecule has 1 heterocycles. The van der Waals surface area contributed by atoms with E-state index in [1.165, 1.54) is 32.2 Å². The van der Waals surface area contributed by atoms with Crippen molar-refractivity contribution in [3.05, 3.63) is 28.8 Å². The van der Waals surface area contributed by atoms with Crippen molar-refractivity contribution in [1.82, 2.24) is 9.80 Å². The van der Waals surface area contributed by atoms with Crippen molar-refractivity contribution < 1.29 is 4.79 Å². The molecule has 2 aliphatic rings. The van der Waals surface area contributed by atoms with Gasteiger partial charge in [-0.3, -0.25) is 9.69 Å². The highest BCUT2D eigenvalue weighted by atomic mass is 35.5. The average Bonchev–Trinajstić information content (AvgIpc) is 3.12. The molecule has 1 saturated carbocycles. The fourth-order valence-corrected chi connectivity index (χ4v) is 4.82. The van der Waals surface area contributed by atoms with Crippen molar-refractivity contribution in [2.75, 3.05) is 36.7 Å². The molecule has 0 radical (unpaired) electrons. The number of hydrogen-bond acceptors (Lipinski definition) is 4. The fraction of sp³-hybridized carbons (Fsp3) is 0.650. The Morgan fingerprint density at radius 2 is 2.08 bits per heavy atom. The number of anilines is 1. The van der Waals surface area contributed by atoms with Gasteiger partial charge in [0.25, 0.3) is 5.91 Å². The molecule has 0 unspecified atom stereocenters. The molecule has 1 aromatic carbocycles. The third-order valence-electron chi connectivity index (χ3n) is 5.50. The molecular formula is C20H30ClN3OS. The molecule has 0 spiro atoms. The Kier molecular flexibility index (Phi) is 7.12. The minimum Gasteiger partial charge on any atom is -0.333 e. The predicted molar refractivity (Wildman–Crippen MR) is 112 cm³/mol. The molecule has 0 bridgehead atoms. The van der Waals surface area contributed by atoms with Crippen LogP contribution in [0.5, 0.6) is 0 Å². The normalized spacial score (nSPS) is 22.0. The number of amides is 1. The largest absolute Gasteiger partial charge is 0.333 e. The van der Waals surface area contributed by atoms with E-state index in [1.807, 2.05) is 23.1 Å². The van der Waals surface area contributed by atoms with Gasteiger partial charge in [-0.05, 0) is 43.9 Å². The first-order valence-electron chi connectivity index (χ1n) is 9.79. The summed E-state index contributed by atoms with van der Waals surface area (Å²) >= 11 is 8.02. The van der Waals surface area contributed by atoms with E-state index in [9.17, 15) is 4.79 Å². The first-order chi connectivity index (χ1) is 12.6. The number of rotatable bonds is 6. The Balaban J connectivity index is 1.59. The molecule has 1 amide bonds. The summed E-state index contributed by atoms with van der Waals surface area (Å²) in [5.41, 5.74) is 1.54. The highest BCUT2D eigenvalue weighted by Gasteiger charge is 2.30. The zero-order valence-corrected chi connectivity index (χ0v) is 17.4. The lowest BCUT2D eigenvalue weighted by molar-refractivity contribution is 0.0461. The topological polar surface area (TPSA) is 35.6 Å². The van der Waals surface area contributed by atoms with Gasteiger partial charge in [0.05, 0.1) is 10.6 Å². The Labute approximate surface area is 166 Å². The zero-order chi connectivity index (χ0) is 18.5. The van der Waals surface area contributed by atoms with Crippen LogP contribution in [0.25, 0.3) is 0 Å². The van der Waals surface area contributed by atoms with Crippen molar-refractivity contribution in [3.63, 3.8) is 0 Å². The van der Waals surface area contributed by atoms with Crippen LogP contribution in [0.4, 0.5) is 5.69 Å². The summed E-state index contributed by atoms with van der Waals surface area (Å²) in [5, 5.41) is 0.525. The first-order valence-corrected chi connectivity index (χ1v) is 11.2. The lowest BCUT2D eigenvalue weighted by Gasteiger charge is -2.41. The van der Waals surface area contributed by atoms with Gasteiger partial charge in [0.1, 0.15) is 0 Å². The van der Waals surface area contributed by atoms with Crippen LogP contribution in [0.1, 0.15) is 49.9 Å². The van der Waals surface area contributed by atoms with E-state index >= 15 is 0 Å². The first kappa shape index (κ1) is 19.8. The number of hydrogen-bond donors (Lipinski definition) is 1. The SMILES string of the molecule is CCSNc1ccc(C(=O)N2CCN(CC3CCCC3)C[C@@H]2C)c(Cl)c1. The third kappa shape index (κ3) is 4.87. The number of halogens is 1. The molecule has 1 N–H and O–H groups in total. The Morgan fingerprint density at radius 3 is 2.73 bits per heavy atom. The summed E-state index contributed by atoms with van der Waals surface area (Å²) < 4.78 is 3.23. The quantitative estimate of drug-likeness (QED) is 0.704. The van der Waals surface area contributed by atoms with Crippen LogP contribution in [-0.4, -0.2) is 53.7 Å². The smallest absolute Gasteiger partial charge is 0.255 e. The highest BCUT2D eigenvalue weighted by Crippen LogP contribution is 2.28. The second-order valence-corrected chi connectivity index (χ2v) is 8.96. The second kappa shape index (κ2) is 9.34. The minimum atomic E-state index is 0.0534. The molecular weight excluding hydrogens is 366 g/mol. The van der Waals surface area contributed by atoms with Gasteiger partial charge in [0, 0.05) is 43.7 Å². The van der Waals surface area contributed by atoms with Crippen LogP contribution in [-0.2, 0) is 0 Å². The number of nitrogens with zero attached hydrogens (tertiary/aromatic N) is 2. The minimum absolute atomic E-state index is 0.0534. The van der Waals surface area contributed by atoms with Gasteiger partial charge in [-0.2, -0.15) is 0 Å². The summed E-state index contributed by atoms with van der Waals surface area (Å²) in [6.45, 7) is 8.16. The van der Waals surface area contributed by atoms with E-state index in [-0.39, 0.29) is 11.9 Å². The molecule has 1 aliphatic heterocycles. The maximum Gasteiger partial charge on any atom is 0.255 e. The number of benzene rings is 1. The summed E-state index contributed by atoms with van der Waals surface area (Å²) in [7, 11) is 0. The summed E-state index contributed by atoms with van der Waals surface area (Å²) in [4.78, 5) is 17.5. The molecule has 1 aliphatic carbocycles. The van der Waals surface area contributed by atoms with E-state index < -0.39 is 0 Å². The Hall–Kier alpha value is -0.910. The molecule has 6 heteroatoms. The van der Waals surface area contributed by atoms with Gasteiger partial charge in [-0.15, -0.1) is 0 Å². The number of carbonyl (C=O) groups excluding carboxylic acids is 1. The summed E-state index contributed by atoms with van der Waals surface area (Å²) in [6.07, 6.45) is 5.53. The zero-order valence-electron chi connectivity index (χ0n) is 15.8. The van der Waals surface area contributed by atoms with Gasteiger partial charge in [-0.25, -0.2) is 0 Å². The Morgan fingerprint density at radius 1 is 1.31 bits per heavy atom. The van der Waals surface area contributed by atoms with Crippen LogP contribution in [0.2, 0.25) is 5.02 Å². The molecule has 1 saturated heterocycles. The molecule has 4 nitrogen and oxygen atoms in total. The molecule has 144 valence electrons. The lowest BCUT2D eigenvalue weighted by Crippen LogP contribution is -2.54. The van der Waals surface area contributed by atoms with Gasteiger partial charge in [-0.1, -0.05) is 43.3 Å². The standard InChI is InChI=1S/C20H30ClN3OS/c1-3-26-22-17-8-9-18(19(21)12-17)20(25)24-11-10-23(13-15(24)2)14-16-6-4-5-7-16/h8-9,12,15-16,22H,3-7,10-11,13-14H2,1-2H3/t15-/m0/s1. The average molecular weight is 396 g/mol. The van der Waals surface area contributed by atoms with Crippen LogP contribution in [0, 0.1) is 5.92 Å². The van der Waals surface area contributed by atoms with Crippen LogP contribution < -0.4 is 4.72 Å². The second-order valence-electron chi connectivity index (χ2n) is 7.49. The van der Waals surface area contributed by atoms with Crippen LogP contribution in [0.15, 0.2) is 18.2 Å². The van der Waals surface area contributed by atoms with Crippen molar-refractivity contribution >= 4 is 35.1 Å². The number of piperazine rings is 1. The van der Waals surface area contributed by atoms with E-state index in [1.54, 1.807) is 11.9 Å². The van der Waals surface area contributed by atoms with Crippen molar-refractivity contribution in [2.45, 2.75) is 45.6 Å². The number of nitrogens with one attached hydrogen (secondary N) is 1. The third-order valence-corrected chi connectivity index (χ3v) is 6.48. The van der Waals surface area contributed by atoms with Gasteiger partial charge >= 0.3 is 0 Å². The van der Waals surface area contributed by atoms with Crippen molar-refractivity contribution in [2.24, 2.45) is 5.92 Å². The molecule has 0 aromatic heterocycles. The van der Waals surface area contributed by atoms with Gasteiger partial charge < -0.3 is 9.62 Å². The lowest BCUT2D eigenvalue weighted by atomic mass is 10.1. The molecule has 1 aromatic rings. The van der Waals surface area contributed by atoms with Crippen LogP contribution >= 0.6 is 23.5 Å². The molecule has 3 rings (SSSR count). The van der Waals surface area contributed by atoms with Gasteiger partial charge in [0.2, 0.25) is 0 Å². The molecule has 1 atom stereocenters. The van der Waals surface area contributed by atoms with Crippen molar-refractivity contribution in [3.8, 4) is 0 Å². The Bertz CT molecular complexity index is 621. The van der Waals surface area contributed by atoms with Crippen LogP contribution in [0.3, 0.4) is 0 Å². The molecule has 26 heavy (non-hydrogen) atoms. The predicted octanol–water partition coefficient (Wildman–Crippen LogP) is 4.76. The van der Waals surface area contributed by atoms with E-state index in [0.29, 0.717) is 10.6 Å². The highest BCUT2D eigenvalue weighted by molar-refractivity contribution is 8.00. The van der Waals surface area contributed by atoms with E-state index in [4.69, 9.17) is 11.6 Å². The molecule has 2 fully saturated rings. The number of carbonyl (C=O) groups is 1. The van der Waals surface area contributed by atoms with Gasteiger partial charge in [0.15, 0.2) is 0 Å². The summed E-state index contributed by atoms with van der Waals surface area (Å²) in [5.74, 6) is 1.89. The fourth-order valence-electron chi connectivity index (χ4n) is 4.12. The van der Waals surface area contributed by atoms with Crippen molar-refractivity contribution in [1.29, 1.82) is 0 Å². The maximum absolute atomic E-state index is 13.0. The monoisotopic (exact) mass is 395 g/mol. The summed E-state index contributed by atoms with van der Waals surface area (Å²) in [6, 6.07) is 5.85. The maximum atomic E-state index is 13.0.